The summed E-state index contributed by atoms with van der Waals surface area (Å²) < 4.78 is 0. The molecule has 16 heavy (non-hydrogen) atoms. The van der Waals surface area contributed by atoms with Crippen molar-refractivity contribution < 1.29 is 0 Å². The molecule has 0 spiro atoms. The number of benzene rings is 1. The first-order valence-electron chi connectivity index (χ1n) is 5.14. The summed E-state index contributed by atoms with van der Waals surface area (Å²) in [6.07, 6.45) is 0. The molecule has 0 aliphatic carbocycles. The summed E-state index contributed by atoms with van der Waals surface area (Å²) in [6, 6.07) is 6.08. The Bertz CT molecular complexity index is 491. The lowest BCUT2D eigenvalue weighted by atomic mass is 9.96. The van der Waals surface area contributed by atoms with E-state index in [2.05, 4.69) is 17.5 Å². The number of aryl methyl sites for hydroxylation is 2. The molecule has 0 aliphatic rings. The number of nitrogens with two attached hydrogens (primary N) is 1. The quantitative estimate of drug-likeness (QED) is 0.856. The topological polar surface area (TPSA) is 26.0 Å². The largest absolute Gasteiger partial charge is 0.320 e. The maximum absolute atomic E-state index is 6.24. The average Bonchev–Trinajstić information content (AvgIpc) is 2.75. The minimum Gasteiger partial charge on any atom is -0.320 e. The van der Waals surface area contributed by atoms with Crippen LogP contribution in [0.3, 0.4) is 0 Å². The Kier molecular flexibility index (Phi) is 3.33. The van der Waals surface area contributed by atoms with Crippen molar-refractivity contribution in [1.29, 1.82) is 0 Å². The van der Waals surface area contributed by atoms with Gasteiger partial charge in [-0.25, -0.2) is 0 Å². The van der Waals surface area contributed by atoms with E-state index in [-0.39, 0.29) is 6.04 Å². The third kappa shape index (κ3) is 2.14. The molecule has 1 atom stereocenters. The van der Waals surface area contributed by atoms with Crippen molar-refractivity contribution in [1.82, 2.24) is 0 Å². The Morgan fingerprint density at radius 3 is 2.62 bits per heavy atom. The minimum absolute atomic E-state index is 0.0535. The van der Waals surface area contributed by atoms with Crippen LogP contribution >= 0.6 is 22.9 Å². The monoisotopic (exact) mass is 251 g/mol. The zero-order valence-corrected chi connectivity index (χ0v) is 10.9. The zero-order valence-electron chi connectivity index (χ0n) is 9.33. The Balaban J connectivity index is 2.44. The van der Waals surface area contributed by atoms with Crippen LogP contribution in [0.15, 0.2) is 29.0 Å². The molecule has 0 saturated carbocycles. The Labute approximate surface area is 105 Å². The first-order chi connectivity index (χ1) is 7.59. The van der Waals surface area contributed by atoms with Crippen LogP contribution in [0.1, 0.15) is 28.3 Å². The van der Waals surface area contributed by atoms with E-state index in [1.54, 1.807) is 11.3 Å². The number of hydrogen-bond acceptors (Lipinski definition) is 2. The molecular weight excluding hydrogens is 238 g/mol. The van der Waals surface area contributed by atoms with Crippen molar-refractivity contribution in [3.05, 3.63) is 56.2 Å². The lowest BCUT2D eigenvalue weighted by Crippen LogP contribution is -2.12. The lowest BCUT2D eigenvalue weighted by Gasteiger charge is -2.15. The fraction of sp³-hybridized carbons (Fsp3) is 0.231. The van der Waals surface area contributed by atoms with Gasteiger partial charge < -0.3 is 5.73 Å². The summed E-state index contributed by atoms with van der Waals surface area (Å²) in [6.45, 7) is 4.05. The number of thiophene rings is 1. The lowest BCUT2D eigenvalue weighted by molar-refractivity contribution is 0.865. The molecule has 3 heteroatoms. The van der Waals surface area contributed by atoms with Crippen LogP contribution in [0.5, 0.6) is 0 Å². The molecule has 1 nitrogen and oxygen atoms in total. The van der Waals surface area contributed by atoms with Crippen LogP contribution in [0.4, 0.5) is 0 Å². The molecule has 2 aromatic rings. The number of hydrogen-bond donors (Lipinski definition) is 1. The van der Waals surface area contributed by atoms with E-state index < -0.39 is 0 Å². The van der Waals surface area contributed by atoms with E-state index in [0.29, 0.717) is 0 Å². The molecule has 84 valence electrons. The molecule has 2 rings (SSSR count). The molecule has 0 aliphatic heterocycles. The molecule has 1 unspecified atom stereocenters. The minimum atomic E-state index is -0.0535. The average molecular weight is 252 g/mol. The van der Waals surface area contributed by atoms with Crippen LogP contribution in [-0.2, 0) is 0 Å². The van der Waals surface area contributed by atoms with Crippen molar-refractivity contribution in [3.8, 4) is 0 Å². The van der Waals surface area contributed by atoms with Gasteiger partial charge in [0.1, 0.15) is 0 Å². The maximum atomic E-state index is 6.24. The normalized spacial score (nSPS) is 12.8. The summed E-state index contributed by atoms with van der Waals surface area (Å²) in [7, 11) is 0. The molecule has 0 bridgehead atoms. The predicted octanol–water partition coefficient (Wildman–Crippen LogP) is 4.07. The number of halogens is 1. The molecule has 1 aromatic heterocycles. The Hall–Kier alpha value is -0.830. The molecule has 0 saturated heterocycles. The van der Waals surface area contributed by atoms with Crippen LogP contribution in [0, 0.1) is 13.8 Å². The number of rotatable bonds is 2. The van der Waals surface area contributed by atoms with Gasteiger partial charge in [-0.15, -0.1) is 0 Å². The molecule has 0 fully saturated rings. The Morgan fingerprint density at radius 1 is 1.25 bits per heavy atom. The van der Waals surface area contributed by atoms with E-state index in [4.69, 9.17) is 17.3 Å². The smallest absolute Gasteiger partial charge is 0.0562 e. The highest BCUT2D eigenvalue weighted by molar-refractivity contribution is 7.08. The van der Waals surface area contributed by atoms with Gasteiger partial charge in [0, 0.05) is 5.02 Å². The van der Waals surface area contributed by atoms with Crippen LogP contribution in [-0.4, -0.2) is 0 Å². The maximum Gasteiger partial charge on any atom is 0.0562 e. The molecule has 2 N–H and O–H groups in total. The van der Waals surface area contributed by atoms with E-state index >= 15 is 0 Å². The van der Waals surface area contributed by atoms with Gasteiger partial charge in [0.15, 0.2) is 0 Å². The van der Waals surface area contributed by atoms with Gasteiger partial charge in [0.25, 0.3) is 0 Å². The third-order valence-electron chi connectivity index (χ3n) is 2.78. The summed E-state index contributed by atoms with van der Waals surface area (Å²) >= 11 is 7.75. The van der Waals surface area contributed by atoms with E-state index in [9.17, 15) is 0 Å². The van der Waals surface area contributed by atoms with Crippen molar-refractivity contribution in [3.63, 3.8) is 0 Å². The van der Waals surface area contributed by atoms with Crippen LogP contribution < -0.4 is 5.73 Å². The first-order valence-corrected chi connectivity index (χ1v) is 6.46. The van der Waals surface area contributed by atoms with Crippen molar-refractivity contribution >= 4 is 22.9 Å². The zero-order chi connectivity index (χ0) is 11.7. The second-order valence-electron chi connectivity index (χ2n) is 3.99. The van der Waals surface area contributed by atoms with E-state index in [0.717, 1.165) is 27.3 Å². The first kappa shape index (κ1) is 11.6. The second kappa shape index (κ2) is 4.58. The highest BCUT2D eigenvalue weighted by Gasteiger charge is 2.13. The summed E-state index contributed by atoms with van der Waals surface area (Å²) in [5, 5.41) is 4.94. The van der Waals surface area contributed by atoms with Crippen molar-refractivity contribution in [2.45, 2.75) is 19.9 Å². The van der Waals surface area contributed by atoms with Crippen LogP contribution in [0.2, 0.25) is 5.02 Å². The van der Waals surface area contributed by atoms with Crippen molar-refractivity contribution in [2.24, 2.45) is 5.73 Å². The molecular formula is C13H14ClNS. The SMILES string of the molecule is Cc1cc(C(N)c2ccsc2)c(C)cc1Cl. The van der Waals surface area contributed by atoms with Gasteiger partial charge in [0.05, 0.1) is 6.04 Å². The fourth-order valence-electron chi connectivity index (χ4n) is 1.77. The fourth-order valence-corrected chi connectivity index (χ4v) is 2.68. The van der Waals surface area contributed by atoms with Gasteiger partial charge in [-0.05, 0) is 59.0 Å². The molecule has 0 radical (unpaired) electrons. The summed E-state index contributed by atoms with van der Waals surface area (Å²) in [5.41, 5.74) is 10.8. The molecule has 0 amide bonds. The van der Waals surface area contributed by atoms with Crippen molar-refractivity contribution in [2.75, 3.05) is 0 Å². The van der Waals surface area contributed by atoms with Gasteiger partial charge in [-0.2, -0.15) is 11.3 Å². The third-order valence-corrected chi connectivity index (χ3v) is 3.89. The Morgan fingerprint density at radius 2 is 2.00 bits per heavy atom. The van der Waals surface area contributed by atoms with Gasteiger partial charge in [0.2, 0.25) is 0 Å². The summed E-state index contributed by atoms with van der Waals surface area (Å²) in [4.78, 5) is 0. The van der Waals surface area contributed by atoms with Gasteiger partial charge in [-0.3, -0.25) is 0 Å². The van der Waals surface area contributed by atoms with Gasteiger partial charge in [-0.1, -0.05) is 17.7 Å². The highest BCUT2D eigenvalue weighted by Crippen LogP contribution is 2.28. The van der Waals surface area contributed by atoms with E-state index in [1.165, 1.54) is 0 Å². The second-order valence-corrected chi connectivity index (χ2v) is 5.18. The highest BCUT2D eigenvalue weighted by atomic mass is 35.5. The summed E-state index contributed by atoms with van der Waals surface area (Å²) in [5.74, 6) is 0. The van der Waals surface area contributed by atoms with E-state index in [1.807, 2.05) is 25.3 Å². The molecule has 1 aromatic carbocycles. The molecule has 1 heterocycles. The van der Waals surface area contributed by atoms with Crippen LogP contribution in [0.25, 0.3) is 0 Å². The predicted molar refractivity (Wildman–Crippen MR) is 71.3 cm³/mol. The van der Waals surface area contributed by atoms with Gasteiger partial charge >= 0.3 is 0 Å². The standard InChI is InChI=1S/C13H14ClNS/c1-8-6-12(14)9(2)5-11(8)13(15)10-3-4-16-7-10/h3-7,13H,15H2,1-2H3.